The van der Waals surface area contributed by atoms with E-state index in [1.807, 2.05) is 13.8 Å². The Balaban J connectivity index is 3.00. The number of sulfone groups is 1. The summed E-state index contributed by atoms with van der Waals surface area (Å²) in [6, 6.07) is -0.586. The molecule has 7 heteroatoms. The predicted octanol–water partition coefficient (Wildman–Crippen LogP) is 0.183. The molecule has 1 aliphatic rings. The van der Waals surface area contributed by atoms with Crippen LogP contribution in [0.5, 0.6) is 0 Å². The Kier molecular flexibility index (Phi) is 4.84. The number of nitrogens with one attached hydrogen (secondary N) is 1. The van der Waals surface area contributed by atoms with Crippen molar-refractivity contribution in [2.45, 2.75) is 45.7 Å². The molecule has 0 radical (unpaired) electrons. The van der Waals surface area contributed by atoms with Crippen molar-refractivity contribution in [3.63, 3.8) is 0 Å². The average Bonchev–Trinajstić information content (AvgIpc) is 2.23. The summed E-state index contributed by atoms with van der Waals surface area (Å²) >= 11 is 0. The number of piperazine rings is 1. The van der Waals surface area contributed by atoms with Crippen LogP contribution in [0.1, 0.15) is 34.1 Å². The number of hydrogen-bond donors (Lipinski definition) is 1. The molecule has 6 nitrogen and oxygen atoms in total. The normalized spacial score (nSPS) is 23.1. The van der Waals surface area contributed by atoms with Crippen LogP contribution in [0, 0.1) is 5.92 Å². The monoisotopic (exact) mass is 304 g/mol. The van der Waals surface area contributed by atoms with Crippen molar-refractivity contribution in [2.75, 3.05) is 18.6 Å². The molecule has 1 N–H and O–H groups in total. The fourth-order valence-corrected chi connectivity index (χ4v) is 2.82. The van der Waals surface area contributed by atoms with Crippen molar-refractivity contribution in [2.24, 2.45) is 5.92 Å². The molecule has 1 fully saturated rings. The van der Waals surface area contributed by atoms with Crippen LogP contribution in [0.2, 0.25) is 0 Å². The molecule has 1 saturated heterocycles. The number of hydrogen-bond acceptors (Lipinski definition) is 4. The van der Waals surface area contributed by atoms with Gasteiger partial charge in [-0.25, -0.2) is 8.42 Å². The second kappa shape index (κ2) is 5.71. The molecule has 1 atom stereocenters. The van der Waals surface area contributed by atoms with E-state index in [0.717, 1.165) is 6.26 Å². The van der Waals surface area contributed by atoms with E-state index in [4.69, 9.17) is 0 Å². The van der Waals surface area contributed by atoms with Gasteiger partial charge < -0.3 is 10.2 Å². The van der Waals surface area contributed by atoms with Crippen molar-refractivity contribution in [3.05, 3.63) is 0 Å². The first kappa shape index (κ1) is 16.9. The molecule has 1 unspecified atom stereocenters. The third-order valence-electron chi connectivity index (χ3n) is 3.31. The first-order valence-corrected chi connectivity index (χ1v) is 8.81. The first-order chi connectivity index (χ1) is 8.94. The van der Waals surface area contributed by atoms with Crippen LogP contribution < -0.4 is 5.32 Å². The maximum absolute atomic E-state index is 12.4. The van der Waals surface area contributed by atoms with E-state index in [0.29, 0.717) is 6.42 Å². The Bertz CT molecular complexity index is 497. The second-order valence-electron chi connectivity index (χ2n) is 6.39. The fourth-order valence-electron chi connectivity index (χ4n) is 2.29. The van der Waals surface area contributed by atoms with Gasteiger partial charge in [0.1, 0.15) is 21.4 Å². The van der Waals surface area contributed by atoms with Crippen molar-refractivity contribution < 1.29 is 18.0 Å². The van der Waals surface area contributed by atoms with E-state index >= 15 is 0 Å². The molecule has 1 rings (SSSR count). The molecule has 2 amide bonds. The Morgan fingerprint density at radius 3 is 2.30 bits per heavy atom. The zero-order valence-electron chi connectivity index (χ0n) is 12.8. The number of nitrogens with zero attached hydrogens (tertiary/aromatic N) is 1. The minimum atomic E-state index is -3.18. The Labute approximate surface area is 120 Å². The first-order valence-electron chi connectivity index (χ1n) is 6.75. The summed E-state index contributed by atoms with van der Waals surface area (Å²) in [4.78, 5) is 26.0. The minimum Gasteiger partial charge on any atom is -0.340 e. The Morgan fingerprint density at radius 1 is 1.30 bits per heavy atom. The van der Waals surface area contributed by atoms with Crippen LogP contribution in [-0.4, -0.2) is 55.3 Å². The SMILES string of the molecule is CC(C)CC1C(=O)NC(C)(C)C(=O)N1CCS(C)(=O)=O. The van der Waals surface area contributed by atoms with Gasteiger partial charge in [0.25, 0.3) is 0 Å². The maximum Gasteiger partial charge on any atom is 0.248 e. The second-order valence-corrected chi connectivity index (χ2v) is 8.65. The molecule has 1 heterocycles. The standard InChI is InChI=1S/C13H24N2O4S/c1-9(2)8-10-11(16)14-13(3,4)12(17)15(10)6-7-20(5,18)19/h9-10H,6-8H2,1-5H3,(H,14,16). The molecule has 0 aromatic rings. The van der Waals surface area contributed by atoms with E-state index < -0.39 is 21.4 Å². The van der Waals surface area contributed by atoms with Crippen molar-refractivity contribution in [1.29, 1.82) is 0 Å². The topological polar surface area (TPSA) is 83.6 Å². The van der Waals surface area contributed by atoms with Crippen LogP contribution in [0.15, 0.2) is 0 Å². The lowest BCUT2D eigenvalue weighted by Crippen LogP contribution is -2.68. The van der Waals surface area contributed by atoms with Gasteiger partial charge in [-0.15, -0.1) is 0 Å². The van der Waals surface area contributed by atoms with Crippen LogP contribution in [-0.2, 0) is 19.4 Å². The summed E-state index contributed by atoms with van der Waals surface area (Å²) in [5.41, 5.74) is -0.984. The smallest absolute Gasteiger partial charge is 0.248 e. The number of rotatable bonds is 5. The van der Waals surface area contributed by atoms with Gasteiger partial charge in [-0.1, -0.05) is 13.8 Å². The average molecular weight is 304 g/mol. The molecule has 116 valence electrons. The molecular weight excluding hydrogens is 280 g/mol. The van der Waals surface area contributed by atoms with E-state index in [1.54, 1.807) is 13.8 Å². The van der Waals surface area contributed by atoms with E-state index in [2.05, 4.69) is 5.32 Å². The highest BCUT2D eigenvalue weighted by Gasteiger charge is 2.45. The van der Waals surface area contributed by atoms with Crippen molar-refractivity contribution in [3.8, 4) is 0 Å². The largest absolute Gasteiger partial charge is 0.340 e. The van der Waals surface area contributed by atoms with Gasteiger partial charge >= 0.3 is 0 Å². The lowest BCUT2D eigenvalue weighted by Gasteiger charge is -2.43. The zero-order chi connectivity index (χ0) is 15.7. The highest BCUT2D eigenvalue weighted by atomic mass is 32.2. The molecule has 1 aliphatic heterocycles. The lowest BCUT2D eigenvalue weighted by molar-refractivity contribution is -0.153. The van der Waals surface area contributed by atoms with Gasteiger partial charge in [0.05, 0.1) is 5.75 Å². The molecule has 0 spiro atoms. The fraction of sp³-hybridized carbons (Fsp3) is 0.846. The van der Waals surface area contributed by atoms with Gasteiger partial charge in [-0.2, -0.15) is 0 Å². The number of carbonyl (C=O) groups excluding carboxylic acids is 2. The van der Waals surface area contributed by atoms with Gasteiger partial charge in [-0.3, -0.25) is 9.59 Å². The quantitative estimate of drug-likeness (QED) is 0.785. The molecule has 0 aromatic heterocycles. The van der Waals surface area contributed by atoms with Crippen LogP contribution in [0.4, 0.5) is 0 Å². The van der Waals surface area contributed by atoms with E-state index in [9.17, 15) is 18.0 Å². The highest BCUT2D eigenvalue weighted by molar-refractivity contribution is 7.90. The minimum absolute atomic E-state index is 0.0614. The summed E-state index contributed by atoms with van der Waals surface area (Å²) in [6.45, 7) is 7.25. The molecule has 20 heavy (non-hydrogen) atoms. The predicted molar refractivity (Wildman–Crippen MR) is 76.9 cm³/mol. The maximum atomic E-state index is 12.4. The Morgan fingerprint density at radius 2 is 1.85 bits per heavy atom. The van der Waals surface area contributed by atoms with Crippen LogP contribution in [0.25, 0.3) is 0 Å². The molecule has 0 aromatic carbocycles. The lowest BCUT2D eigenvalue weighted by atomic mass is 9.92. The van der Waals surface area contributed by atoms with Crippen molar-refractivity contribution >= 4 is 21.7 Å². The van der Waals surface area contributed by atoms with Gasteiger partial charge in [0.15, 0.2) is 0 Å². The van der Waals surface area contributed by atoms with E-state index in [1.165, 1.54) is 4.90 Å². The summed E-state index contributed by atoms with van der Waals surface area (Å²) in [5.74, 6) is -0.333. The summed E-state index contributed by atoms with van der Waals surface area (Å²) in [7, 11) is -3.18. The van der Waals surface area contributed by atoms with Crippen molar-refractivity contribution in [1.82, 2.24) is 10.2 Å². The van der Waals surface area contributed by atoms with Crippen LogP contribution >= 0.6 is 0 Å². The van der Waals surface area contributed by atoms with Crippen LogP contribution in [0.3, 0.4) is 0 Å². The third-order valence-corrected chi connectivity index (χ3v) is 4.23. The van der Waals surface area contributed by atoms with Gasteiger partial charge in [-0.05, 0) is 26.2 Å². The highest BCUT2D eigenvalue weighted by Crippen LogP contribution is 2.22. The van der Waals surface area contributed by atoms with E-state index in [-0.39, 0.29) is 30.0 Å². The molecular formula is C13H24N2O4S. The molecule has 0 aliphatic carbocycles. The molecule has 0 bridgehead atoms. The summed E-state index contributed by atoms with van der Waals surface area (Å²) < 4.78 is 22.6. The van der Waals surface area contributed by atoms with Gasteiger partial charge in [0.2, 0.25) is 11.8 Å². The Hall–Kier alpha value is -1.11. The summed E-state index contributed by atoms with van der Waals surface area (Å²) in [5, 5.41) is 2.71. The number of amides is 2. The van der Waals surface area contributed by atoms with Gasteiger partial charge in [0, 0.05) is 12.8 Å². The number of carbonyl (C=O) groups is 2. The zero-order valence-corrected chi connectivity index (χ0v) is 13.6. The third kappa shape index (κ3) is 4.19. The molecule has 0 saturated carbocycles. The summed E-state index contributed by atoms with van der Waals surface area (Å²) in [6.07, 6.45) is 1.65.